The van der Waals surface area contributed by atoms with Gasteiger partial charge in [0.2, 0.25) is 0 Å². The standard InChI is InChI=1S/C9H19N3/c1-10(2)12-8-4-5-9(12)7-11(3)6-8/h8-9H,4-7H2,1-3H3. The summed E-state index contributed by atoms with van der Waals surface area (Å²) in [6.07, 6.45) is 2.76. The molecule has 0 radical (unpaired) electrons. The number of rotatable bonds is 1. The van der Waals surface area contributed by atoms with E-state index in [0.29, 0.717) is 0 Å². The molecule has 0 amide bonds. The molecule has 2 fully saturated rings. The number of hydrogen-bond donors (Lipinski definition) is 0. The Bertz CT molecular complexity index is 155. The number of piperazine rings is 1. The Morgan fingerprint density at radius 2 is 1.58 bits per heavy atom. The van der Waals surface area contributed by atoms with Gasteiger partial charge in [0.1, 0.15) is 0 Å². The van der Waals surface area contributed by atoms with Crippen molar-refractivity contribution in [2.24, 2.45) is 0 Å². The van der Waals surface area contributed by atoms with Gasteiger partial charge < -0.3 is 4.90 Å². The average molecular weight is 169 g/mol. The van der Waals surface area contributed by atoms with Gasteiger partial charge in [0.05, 0.1) is 0 Å². The first-order valence-corrected chi connectivity index (χ1v) is 4.82. The van der Waals surface area contributed by atoms with Gasteiger partial charge in [-0.1, -0.05) is 0 Å². The van der Waals surface area contributed by atoms with Crippen molar-refractivity contribution < 1.29 is 0 Å². The van der Waals surface area contributed by atoms with Crippen molar-refractivity contribution in [2.45, 2.75) is 24.9 Å². The molecule has 2 bridgehead atoms. The van der Waals surface area contributed by atoms with E-state index in [1.807, 2.05) is 0 Å². The minimum atomic E-state index is 0.781. The molecule has 2 unspecified atom stereocenters. The van der Waals surface area contributed by atoms with Crippen molar-refractivity contribution in [3.8, 4) is 0 Å². The molecule has 2 rings (SSSR count). The van der Waals surface area contributed by atoms with Crippen LogP contribution in [0.1, 0.15) is 12.8 Å². The molecule has 0 aromatic carbocycles. The Kier molecular flexibility index (Phi) is 2.10. The molecule has 2 aliphatic rings. The maximum Gasteiger partial charge on any atom is 0.0377 e. The van der Waals surface area contributed by atoms with Crippen molar-refractivity contribution in [3.05, 3.63) is 0 Å². The second-order valence-corrected chi connectivity index (χ2v) is 4.33. The minimum absolute atomic E-state index is 0.781. The fourth-order valence-corrected chi connectivity index (χ4v) is 2.74. The van der Waals surface area contributed by atoms with Gasteiger partial charge in [-0.25, -0.2) is 10.0 Å². The highest BCUT2D eigenvalue weighted by atomic mass is 15.6. The van der Waals surface area contributed by atoms with Gasteiger partial charge >= 0.3 is 0 Å². The predicted octanol–water partition coefficient (Wildman–Crippen LogP) is 0.241. The average Bonchev–Trinajstić information content (AvgIpc) is 2.24. The van der Waals surface area contributed by atoms with Gasteiger partial charge in [-0.2, -0.15) is 0 Å². The molecule has 0 aromatic rings. The second kappa shape index (κ2) is 2.98. The van der Waals surface area contributed by atoms with E-state index >= 15 is 0 Å². The quantitative estimate of drug-likeness (QED) is 0.557. The van der Waals surface area contributed by atoms with E-state index in [9.17, 15) is 0 Å². The minimum Gasteiger partial charge on any atom is -0.303 e. The fraction of sp³-hybridized carbons (Fsp3) is 1.00. The molecule has 2 aliphatic heterocycles. The fourth-order valence-electron chi connectivity index (χ4n) is 2.74. The normalized spacial score (nSPS) is 38.0. The molecule has 0 aliphatic carbocycles. The molecule has 3 heteroatoms. The molecule has 0 aromatic heterocycles. The summed E-state index contributed by atoms with van der Waals surface area (Å²) in [5, 5.41) is 4.83. The van der Waals surface area contributed by atoms with E-state index in [1.165, 1.54) is 25.9 Å². The third-order valence-electron chi connectivity index (χ3n) is 3.09. The predicted molar refractivity (Wildman–Crippen MR) is 49.8 cm³/mol. The van der Waals surface area contributed by atoms with Crippen molar-refractivity contribution in [3.63, 3.8) is 0 Å². The lowest BCUT2D eigenvalue weighted by Crippen LogP contribution is -2.57. The monoisotopic (exact) mass is 169 g/mol. The van der Waals surface area contributed by atoms with Crippen LogP contribution in [-0.4, -0.2) is 61.2 Å². The van der Waals surface area contributed by atoms with Gasteiger partial charge in [-0.05, 0) is 19.9 Å². The zero-order valence-corrected chi connectivity index (χ0v) is 8.32. The smallest absolute Gasteiger partial charge is 0.0377 e. The maximum atomic E-state index is 2.56. The Morgan fingerprint density at radius 3 is 2.00 bits per heavy atom. The van der Waals surface area contributed by atoms with Gasteiger partial charge in [0, 0.05) is 39.3 Å². The van der Waals surface area contributed by atoms with Crippen molar-refractivity contribution in [2.75, 3.05) is 34.2 Å². The highest BCUT2D eigenvalue weighted by Crippen LogP contribution is 2.29. The van der Waals surface area contributed by atoms with E-state index in [4.69, 9.17) is 0 Å². The summed E-state index contributed by atoms with van der Waals surface area (Å²) < 4.78 is 0. The summed E-state index contributed by atoms with van der Waals surface area (Å²) in [7, 11) is 6.56. The van der Waals surface area contributed by atoms with E-state index < -0.39 is 0 Å². The van der Waals surface area contributed by atoms with Crippen LogP contribution in [0.25, 0.3) is 0 Å². The Hall–Kier alpha value is -0.120. The molecule has 2 saturated heterocycles. The van der Waals surface area contributed by atoms with Crippen LogP contribution in [0.2, 0.25) is 0 Å². The van der Waals surface area contributed by atoms with Crippen LogP contribution >= 0.6 is 0 Å². The zero-order chi connectivity index (χ0) is 8.72. The van der Waals surface area contributed by atoms with Crippen LogP contribution in [0.5, 0.6) is 0 Å². The van der Waals surface area contributed by atoms with Gasteiger partial charge in [0.25, 0.3) is 0 Å². The van der Waals surface area contributed by atoms with Crippen molar-refractivity contribution >= 4 is 0 Å². The van der Waals surface area contributed by atoms with Crippen LogP contribution in [0.15, 0.2) is 0 Å². The van der Waals surface area contributed by atoms with Crippen molar-refractivity contribution in [1.82, 2.24) is 14.9 Å². The van der Waals surface area contributed by atoms with E-state index in [1.54, 1.807) is 0 Å². The summed E-state index contributed by atoms with van der Waals surface area (Å²) in [4.78, 5) is 2.46. The van der Waals surface area contributed by atoms with Gasteiger partial charge in [0.15, 0.2) is 0 Å². The molecule has 2 atom stereocenters. The third kappa shape index (κ3) is 1.26. The van der Waals surface area contributed by atoms with E-state index in [2.05, 4.69) is 36.1 Å². The summed E-state index contributed by atoms with van der Waals surface area (Å²) in [6.45, 7) is 2.49. The molecule has 0 N–H and O–H groups in total. The topological polar surface area (TPSA) is 9.72 Å². The molecule has 70 valence electrons. The first-order chi connectivity index (χ1) is 5.68. The van der Waals surface area contributed by atoms with Crippen LogP contribution < -0.4 is 0 Å². The number of nitrogens with zero attached hydrogens (tertiary/aromatic N) is 3. The molecular formula is C9H19N3. The van der Waals surface area contributed by atoms with Crippen LogP contribution in [0.3, 0.4) is 0 Å². The number of likely N-dealkylation sites (N-methyl/N-ethyl adjacent to an activating group) is 1. The lowest BCUT2D eigenvalue weighted by atomic mass is 10.2. The highest BCUT2D eigenvalue weighted by molar-refractivity contribution is 4.92. The first-order valence-electron chi connectivity index (χ1n) is 4.82. The second-order valence-electron chi connectivity index (χ2n) is 4.33. The van der Waals surface area contributed by atoms with E-state index in [-0.39, 0.29) is 0 Å². The zero-order valence-electron chi connectivity index (χ0n) is 8.32. The Balaban J connectivity index is 2.09. The van der Waals surface area contributed by atoms with Crippen LogP contribution in [0, 0.1) is 0 Å². The SMILES string of the molecule is CN1CC2CCC(C1)N2N(C)C. The lowest BCUT2D eigenvalue weighted by Gasteiger charge is -2.42. The molecule has 3 nitrogen and oxygen atoms in total. The summed E-state index contributed by atoms with van der Waals surface area (Å²) in [5.74, 6) is 0. The highest BCUT2D eigenvalue weighted by Gasteiger charge is 2.39. The van der Waals surface area contributed by atoms with Crippen LogP contribution in [-0.2, 0) is 0 Å². The molecule has 12 heavy (non-hydrogen) atoms. The number of hydrogen-bond acceptors (Lipinski definition) is 3. The summed E-state index contributed by atoms with van der Waals surface area (Å²) >= 11 is 0. The largest absolute Gasteiger partial charge is 0.303 e. The Labute approximate surface area is 74.9 Å². The first kappa shape index (κ1) is 8.48. The summed E-state index contributed by atoms with van der Waals surface area (Å²) in [6, 6.07) is 1.56. The molecule has 0 saturated carbocycles. The lowest BCUT2D eigenvalue weighted by molar-refractivity contribution is -0.0665. The molecule has 2 heterocycles. The number of fused-ring (bicyclic) bond motifs is 2. The summed E-state index contributed by atoms with van der Waals surface area (Å²) in [5.41, 5.74) is 0. The van der Waals surface area contributed by atoms with Gasteiger partial charge in [-0.15, -0.1) is 0 Å². The number of likely N-dealkylation sites (tertiary alicyclic amines) is 1. The Morgan fingerprint density at radius 1 is 1.08 bits per heavy atom. The number of hydrazine groups is 1. The maximum absolute atomic E-state index is 2.56. The molecular weight excluding hydrogens is 150 g/mol. The van der Waals surface area contributed by atoms with E-state index in [0.717, 1.165) is 12.1 Å². The van der Waals surface area contributed by atoms with Crippen molar-refractivity contribution in [1.29, 1.82) is 0 Å². The third-order valence-corrected chi connectivity index (χ3v) is 3.09. The van der Waals surface area contributed by atoms with Gasteiger partial charge in [-0.3, -0.25) is 0 Å². The van der Waals surface area contributed by atoms with Crippen LogP contribution in [0.4, 0.5) is 0 Å². The molecule has 0 spiro atoms.